The number of hydrogen-bond donors (Lipinski definition) is 7. The van der Waals surface area contributed by atoms with Crippen LogP contribution in [0.1, 0.15) is 136 Å². The number of carbonyl (C=O) groups is 3. The second-order valence-corrected chi connectivity index (χ2v) is 18.7. The molecule has 17 nitrogen and oxygen atoms in total. The fourth-order valence-corrected chi connectivity index (χ4v) is 7.97. The molecule has 0 aromatic carbocycles. The Morgan fingerprint density at radius 1 is 0.529 bits per heavy atom. The van der Waals surface area contributed by atoms with E-state index in [-0.39, 0.29) is 18.6 Å². The molecular weight excluding hydrogens is 922 g/mol. The molecule has 1 fully saturated rings. The molecule has 0 bridgehead atoms. The number of aliphatic hydroxyl groups is 4. The molecular formula is C49H78O17P2. The van der Waals surface area contributed by atoms with Crippen LogP contribution in [0.5, 0.6) is 0 Å². The number of phosphoric acid groups is 2. The van der Waals surface area contributed by atoms with Crippen LogP contribution in [0.3, 0.4) is 0 Å². The van der Waals surface area contributed by atoms with E-state index in [1.165, 1.54) is 0 Å². The molecule has 386 valence electrons. The van der Waals surface area contributed by atoms with Crippen molar-refractivity contribution in [3.63, 3.8) is 0 Å². The Hall–Kier alpha value is -3.41. The van der Waals surface area contributed by atoms with Gasteiger partial charge in [-0.3, -0.25) is 28.0 Å². The van der Waals surface area contributed by atoms with Crippen molar-refractivity contribution in [3.05, 3.63) is 97.2 Å². The number of ketones is 1. The molecule has 8 atom stereocenters. The van der Waals surface area contributed by atoms with Gasteiger partial charge < -0.3 is 44.6 Å². The zero-order valence-corrected chi connectivity index (χ0v) is 41.5. The van der Waals surface area contributed by atoms with E-state index in [0.717, 1.165) is 70.6 Å². The minimum absolute atomic E-state index is 0.0631. The Labute approximate surface area is 402 Å². The van der Waals surface area contributed by atoms with Gasteiger partial charge in [-0.1, -0.05) is 131 Å². The third-order valence-electron chi connectivity index (χ3n) is 10.1. The molecule has 0 radical (unpaired) electrons. The van der Waals surface area contributed by atoms with Crippen LogP contribution in [0.4, 0.5) is 0 Å². The molecule has 1 saturated carbocycles. The summed E-state index contributed by atoms with van der Waals surface area (Å²) in [5, 5.41) is 41.2. The Bertz CT molecular complexity index is 1750. The number of phosphoric ester groups is 2. The van der Waals surface area contributed by atoms with Gasteiger partial charge in [-0.25, -0.2) is 9.13 Å². The number of allylic oxidation sites excluding steroid dienone is 16. The minimum atomic E-state index is -5.39. The van der Waals surface area contributed by atoms with Crippen LogP contribution in [0.2, 0.25) is 0 Å². The monoisotopic (exact) mass is 1000 g/mol. The highest BCUT2D eigenvalue weighted by Crippen LogP contribution is 2.49. The van der Waals surface area contributed by atoms with E-state index >= 15 is 0 Å². The van der Waals surface area contributed by atoms with Crippen LogP contribution < -0.4 is 0 Å². The largest absolute Gasteiger partial charge is 0.472 e. The average molecular weight is 1000 g/mol. The van der Waals surface area contributed by atoms with Crippen molar-refractivity contribution in [2.75, 3.05) is 13.2 Å². The molecule has 5 unspecified atom stereocenters. The highest BCUT2D eigenvalue weighted by atomic mass is 31.2. The van der Waals surface area contributed by atoms with E-state index in [2.05, 4.69) is 67.0 Å². The molecule has 1 aliphatic rings. The summed E-state index contributed by atoms with van der Waals surface area (Å²) in [6.45, 7) is 2.75. The quantitative estimate of drug-likeness (QED) is 0.00764. The van der Waals surface area contributed by atoms with Crippen molar-refractivity contribution in [2.45, 2.75) is 179 Å². The summed E-state index contributed by atoms with van der Waals surface area (Å²) in [5.74, 6) is -1.22. The fraction of sp³-hybridized carbons (Fsp3) is 0.612. The molecule has 0 aromatic rings. The lowest BCUT2D eigenvalue weighted by molar-refractivity contribution is -0.216. The Morgan fingerprint density at radius 2 is 1.04 bits per heavy atom. The Morgan fingerprint density at radius 3 is 1.63 bits per heavy atom. The van der Waals surface area contributed by atoms with Gasteiger partial charge in [-0.05, 0) is 83.1 Å². The SMILES string of the molecule is CC/C=C\C/C=C\C/C=C\C/C=C\CCCCCCC(=O)OC[C@H](COP(=O)(O)O[C@H]1C(O)C(O)C(O)[C@@H](OP(=O)(O)O)C1O)OC(=O)CCC/C=C\C/C=C\C/C=C\C=C\C(=O)CCCCC. The van der Waals surface area contributed by atoms with Crippen molar-refractivity contribution in [1.29, 1.82) is 0 Å². The number of aliphatic hydroxyl groups excluding tert-OH is 4. The van der Waals surface area contributed by atoms with Crippen LogP contribution >= 0.6 is 15.6 Å². The molecule has 0 spiro atoms. The van der Waals surface area contributed by atoms with Gasteiger partial charge in [-0.2, -0.15) is 0 Å². The number of carbonyl (C=O) groups excluding carboxylic acids is 3. The van der Waals surface area contributed by atoms with Crippen molar-refractivity contribution in [3.8, 4) is 0 Å². The van der Waals surface area contributed by atoms with E-state index in [1.807, 2.05) is 36.5 Å². The highest BCUT2D eigenvalue weighted by Gasteiger charge is 2.54. The summed E-state index contributed by atoms with van der Waals surface area (Å²) in [7, 11) is -10.7. The second-order valence-electron chi connectivity index (χ2n) is 16.1. The predicted molar refractivity (Wildman–Crippen MR) is 260 cm³/mol. The van der Waals surface area contributed by atoms with E-state index in [1.54, 1.807) is 12.2 Å². The molecule has 0 amide bonds. The van der Waals surface area contributed by atoms with Crippen LogP contribution in [0.15, 0.2) is 97.2 Å². The van der Waals surface area contributed by atoms with Gasteiger partial charge in [0.05, 0.1) is 6.61 Å². The lowest BCUT2D eigenvalue weighted by Gasteiger charge is -2.43. The topological polar surface area (TPSA) is 273 Å². The third kappa shape index (κ3) is 32.4. The maximum atomic E-state index is 13.0. The first-order chi connectivity index (χ1) is 32.5. The summed E-state index contributed by atoms with van der Waals surface area (Å²) in [6, 6.07) is 0. The van der Waals surface area contributed by atoms with Gasteiger partial charge in [0.15, 0.2) is 11.9 Å². The van der Waals surface area contributed by atoms with E-state index < -0.39 is 83.5 Å². The fourth-order valence-electron chi connectivity index (χ4n) is 6.43. The number of hydrogen-bond acceptors (Lipinski definition) is 14. The predicted octanol–water partition coefficient (Wildman–Crippen LogP) is 8.35. The molecule has 1 rings (SSSR count). The highest BCUT2D eigenvalue weighted by molar-refractivity contribution is 7.47. The van der Waals surface area contributed by atoms with E-state index in [4.69, 9.17) is 18.5 Å². The van der Waals surface area contributed by atoms with Gasteiger partial charge in [0.1, 0.15) is 43.2 Å². The summed E-state index contributed by atoms with van der Waals surface area (Å²) in [6.07, 6.45) is 30.6. The van der Waals surface area contributed by atoms with Crippen LogP contribution in [0, 0.1) is 0 Å². The first-order valence-electron chi connectivity index (χ1n) is 23.7. The molecule has 68 heavy (non-hydrogen) atoms. The van der Waals surface area contributed by atoms with Crippen molar-refractivity contribution >= 4 is 33.4 Å². The number of rotatable bonds is 38. The van der Waals surface area contributed by atoms with Crippen LogP contribution in [0.25, 0.3) is 0 Å². The molecule has 7 N–H and O–H groups in total. The molecule has 0 saturated heterocycles. The van der Waals surface area contributed by atoms with Crippen molar-refractivity contribution in [2.24, 2.45) is 0 Å². The zero-order chi connectivity index (χ0) is 50.5. The summed E-state index contributed by atoms with van der Waals surface area (Å²) in [5.41, 5.74) is 0. The van der Waals surface area contributed by atoms with E-state index in [0.29, 0.717) is 38.5 Å². The normalized spacial score (nSPS) is 22.0. The maximum Gasteiger partial charge on any atom is 0.472 e. The van der Waals surface area contributed by atoms with Crippen LogP contribution in [-0.2, 0) is 46.6 Å². The first-order valence-corrected chi connectivity index (χ1v) is 26.8. The van der Waals surface area contributed by atoms with E-state index in [9.17, 15) is 58.6 Å². The van der Waals surface area contributed by atoms with Gasteiger partial charge in [0, 0.05) is 19.3 Å². The lowest BCUT2D eigenvalue weighted by atomic mass is 9.85. The van der Waals surface area contributed by atoms with Gasteiger partial charge >= 0.3 is 27.6 Å². The minimum Gasteiger partial charge on any atom is -0.462 e. The lowest BCUT2D eigenvalue weighted by Crippen LogP contribution is -2.64. The molecule has 0 aliphatic heterocycles. The van der Waals surface area contributed by atoms with Crippen LogP contribution in [-0.4, -0.2) is 109 Å². The zero-order valence-electron chi connectivity index (χ0n) is 39.7. The van der Waals surface area contributed by atoms with Gasteiger partial charge in [0.25, 0.3) is 0 Å². The summed E-state index contributed by atoms with van der Waals surface area (Å²) in [4.78, 5) is 66.0. The molecule has 1 aliphatic carbocycles. The van der Waals surface area contributed by atoms with Gasteiger partial charge in [-0.15, -0.1) is 0 Å². The third-order valence-corrected chi connectivity index (χ3v) is 11.6. The number of esters is 2. The summed E-state index contributed by atoms with van der Waals surface area (Å²) >= 11 is 0. The molecule has 19 heteroatoms. The molecule has 0 aromatic heterocycles. The van der Waals surface area contributed by atoms with Crippen molar-refractivity contribution in [1.82, 2.24) is 0 Å². The molecule has 0 heterocycles. The summed E-state index contributed by atoms with van der Waals surface area (Å²) < 4.78 is 49.3. The standard InChI is InChI=1S/C49H78O17P2/c1-3-5-7-8-9-10-11-12-13-14-15-16-19-22-25-28-32-36-42(51)62-38-41(39-63-68(60,61)66-49-46(55)44(53)45(54)48(47(49)56)65-67(57,58)59)64-43(52)37-33-29-26-23-20-17-18-21-24-27-31-35-40(50)34-30-6-4-2/h5,7,9-10,12-13,15-18,23-24,26-27,31,35,41,44-49,53-56H,3-4,6,8,11,14,19-22,25,28-30,32-34,36-39H2,1-2H3,(H,60,61)(H2,57,58,59)/b7-5-,10-9-,13-12-,16-15-,18-17-,26-23-,27-24-,35-31+/t41-,44?,45?,46?,47?,48-,49+/m1/s1. The Kier molecular flexibility index (Phi) is 35.3. The van der Waals surface area contributed by atoms with Crippen molar-refractivity contribution < 1.29 is 81.7 Å². The number of ether oxygens (including phenoxy) is 2. The second kappa shape index (κ2) is 38.4. The number of unbranched alkanes of at least 4 members (excludes halogenated alkanes) is 7. The Balaban J connectivity index is 2.67. The van der Waals surface area contributed by atoms with Gasteiger partial charge in [0.2, 0.25) is 0 Å². The first kappa shape index (κ1) is 62.6. The smallest absolute Gasteiger partial charge is 0.462 e. The average Bonchev–Trinajstić information content (AvgIpc) is 3.29. The maximum absolute atomic E-state index is 13.0.